The van der Waals surface area contributed by atoms with Crippen molar-refractivity contribution in [1.29, 1.82) is 0 Å². The van der Waals surface area contributed by atoms with E-state index in [4.69, 9.17) is 11.6 Å². The maximum absolute atomic E-state index is 13.4. The number of benzene rings is 1. The van der Waals surface area contributed by atoms with Gasteiger partial charge in [0.2, 0.25) is 5.91 Å². The fourth-order valence-electron chi connectivity index (χ4n) is 4.30. The predicted molar refractivity (Wildman–Crippen MR) is 103 cm³/mol. The van der Waals surface area contributed by atoms with Crippen molar-refractivity contribution in [2.75, 3.05) is 46.8 Å². The molecule has 2 heterocycles. The molecule has 0 saturated carbocycles. The number of carbonyl (C=O) groups is 1. The van der Waals surface area contributed by atoms with E-state index in [9.17, 15) is 9.18 Å². The first-order valence-electron chi connectivity index (χ1n) is 9.46. The van der Waals surface area contributed by atoms with Gasteiger partial charge in [-0.15, -0.1) is 0 Å². The number of amides is 1. The molecule has 26 heavy (non-hydrogen) atoms. The highest BCUT2D eigenvalue weighted by Crippen LogP contribution is 2.39. The zero-order chi connectivity index (χ0) is 18.7. The molecule has 1 aromatic carbocycles. The molecule has 2 saturated heterocycles. The lowest BCUT2D eigenvalue weighted by molar-refractivity contribution is -0.139. The Kier molecular flexibility index (Phi) is 6.21. The summed E-state index contributed by atoms with van der Waals surface area (Å²) in [5.41, 5.74) is 1.24. The van der Waals surface area contributed by atoms with Crippen molar-refractivity contribution in [3.63, 3.8) is 0 Å². The standard InChI is InChI=1S/C20H29ClFN3O/c1-23(2)10-11-25-15-20(8-6-19(25)26)7-3-9-24(14-20)13-16-4-5-18(22)17(21)12-16/h4-5,12H,3,6-11,13-15H2,1-2H3. The van der Waals surface area contributed by atoms with Crippen molar-refractivity contribution in [2.24, 2.45) is 5.41 Å². The van der Waals surface area contributed by atoms with E-state index in [-0.39, 0.29) is 16.3 Å². The third-order valence-corrected chi connectivity index (χ3v) is 5.99. The minimum absolute atomic E-state index is 0.187. The van der Waals surface area contributed by atoms with Gasteiger partial charge in [-0.1, -0.05) is 17.7 Å². The minimum atomic E-state index is -0.368. The Hall–Kier alpha value is -1.17. The Morgan fingerprint density at radius 1 is 1.27 bits per heavy atom. The third-order valence-electron chi connectivity index (χ3n) is 5.70. The Morgan fingerprint density at radius 3 is 2.81 bits per heavy atom. The highest BCUT2D eigenvalue weighted by atomic mass is 35.5. The van der Waals surface area contributed by atoms with Gasteiger partial charge in [-0.3, -0.25) is 9.69 Å². The number of likely N-dealkylation sites (tertiary alicyclic amines) is 2. The molecule has 0 aliphatic carbocycles. The van der Waals surface area contributed by atoms with Crippen LogP contribution >= 0.6 is 11.6 Å². The van der Waals surface area contributed by atoms with Gasteiger partial charge in [-0.05, 0) is 57.6 Å². The molecular formula is C20H29ClFN3O. The maximum atomic E-state index is 13.4. The number of halogens is 2. The van der Waals surface area contributed by atoms with Gasteiger partial charge >= 0.3 is 0 Å². The molecule has 4 nitrogen and oxygen atoms in total. The smallest absolute Gasteiger partial charge is 0.222 e. The number of nitrogens with zero attached hydrogens (tertiary/aromatic N) is 3. The Balaban J connectivity index is 1.64. The summed E-state index contributed by atoms with van der Waals surface area (Å²) in [6.07, 6.45) is 3.96. The van der Waals surface area contributed by atoms with E-state index in [2.05, 4.69) is 14.7 Å². The highest BCUT2D eigenvalue weighted by molar-refractivity contribution is 6.30. The second-order valence-electron chi connectivity index (χ2n) is 8.18. The van der Waals surface area contributed by atoms with Gasteiger partial charge in [0.05, 0.1) is 5.02 Å². The lowest BCUT2D eigenvalue weighted by Crippen LogP contribution is -2.54. The van der Waals surface area contributed by atoms with Gasteiger partial charge in [0, 0.05) is 44.6 Å². The molecule has 144 valence electrons. The average molecular weight is 382 g/mol. The van der Waals surface area contributed by atoms with Crippen molar-refractivity contribution in [2.45, 2.75) is 32.2 Å². The van der Waals surface area contributed by atoms with Crippen molar-refractivity contribution in [3.05, 3.63) is 34.6 Å². The Morgan fingerprint density at radius 2 is 2.08 bits per heavy atom. The van der Waals surface area contributed by atoms with E-state index >= 15 is 0 Å². The summed E-state index contributed by atoms with van der Waals surface area (Å²) in [4.78, 5) is 18.9. The summed E-state index contributed by atoms with van der Waals surface area (Å²) in [7, 11) is 4.08. The van der Waals surface area contributed by atoms with Gasteiger partial charge in [0.15, 0.2) is 0 Å². The average Bonchev–Trinajstić information content (AvgIpc) is 2.59. The first-order valence-corrected chi connectivity index (χ1v) is 9.83. The minimum Gasteiger partial charge on any atom is -0.341 e. The van der Waals surface area contributed by atoms with E-state index in [1.165, 1.54) is 12.5 Å². The van der Waals surface area contributed by atoms with Gasteiger partial charge < -0.3 is 9.80 Å². The van der Waals surface area contributed by atoms with Crippen molar-refractivity contribution in [1.82, 2.24) is 14.7 Å². The largest absolute Gasteiger partial charge is 0.341 e. The number of hydrogen-bond donors (Lipinski definition) is 0. The van der Waals surface area contributed by atoms with Crippen molar-refractivity contribution in [3.8, 4) is 0 Å². The van der Waals surface area contributed by atoms with Crippen LogP contribution in [0.15, 0.2) is 18.2 Å². The van der Waals surface area contributed by atoms with Gasteiger partial charge in [0.1, 0.15) is 5.82 Å². The van der Waals surface area contributed by atoms with Gasteiger partial charge in [-0.2, -0.15) is 0 Å². The molecule has 2 aliphatic rings. The molecule has 2 fully saturated rings. The van der Waals surface area contributed by atoms with Crippen LogP contribution in [-0.4, -0.2) is 67.4 Å². The van der Waals surface area contributed by atoms with Crippen LogP contribution in [0.25, 0.3) is 0 Å². The number of carbonyl (C=O) groups excluding carboxylic acids is 1. The second-order valence-corrected chi connectivity index (χ2v) is 8.59. The summed E-state index contributed by atoms with van der Waals surface area (Å²) >= 11 is 5.93. The van der Waals surface area contributed by atoms with Crippen LogP contribution in [0.4, 0.5) is 4.39 Å². The molecule has 1 aromatic rings. The molecule has 1 spiro atoms. The zero-order valence-corrected chi connectivity index (χ0v) is 16.6. The van der Waals surface area contributed by atoms with Crippen molar-refractivity contribution < 1.29 is 9.18 Å². The van der Waals surface area contributed by atoms with Gasteiger partial charge in [-0.25, -0.2) is 4.39 Å². The van der Waals surface area contributed by atoms with Gasteiger partial charge in [0.25, 0.3) is 0 Å². The SMILES string of the molecule is CN(C)CCN1CC2(CCCN(Cc3ccc(F)c(Cl)c3)C2)CCC1=O. The number of hydrogen-bond acceptors (Lipinski definition) is 3. The van der Waals surface area contributed by atoms with Crippen LogP contribution in [0.1, 0.15) is 31.2 Å². The lowest BCUT2D eigenvalue weighted by atomic mass is 9.73. The summed E-state index contributed by atoms with van der Waals surface area (Å²) < 4.78 is 13.4. The fourth-order valence-corrected chi connectivity index (χ4v) is 4.50. The van der Waals surface area contributed by atoms with Crippen LogP contribution < -0.4 is 0 Å². The third kappa shape index (κ3) is 4.76. The molecule has 3 rings (SSSR count). The summed E-state index contributed by atoms with van der Waals surface area (Å²) in [5.74, 6) is -0.0761. The molecule has 0 aromatic heterocycles. The molecule has 0 N–H and O–H groups in total. The molecule has 2 aliphatic heterocycles. The summed E-state index contributed by atoms with van der Waals surface area (Å²) in [5, 5.41) is 0.187. The molecule has 1 atom stereocenters. The summed E-state index contributed by atoms with van der Waals surface area (Å²) in [6, 6.07) is 4.99. The van der Waals surface area contributed by atoms with E-state index in [1.54, 1.807) is 6.07 Å². The highest BCUT2D eigenvalue weighted by Gasteiger charge is 2.41. The van der Waals surface area contributed by atoms with Crippen LogP contribution in [0, 0.1) is 11.2 Å². The normalized spacial score (nSPS) is 24.7. The maximum Gasteiger partial charge on any atom is 0.222 e. The van der Waals surface area contributed by atoms with Crippen LogP contribution in [0.3, 0.4) is 0 Å². The second kappa shape index (κ2) is 8.24. The lowest BCUT2D eigenvalue weighted by Gasteiger charge is -2.48. The molecular weight excluding hydrogens is 353 g/mol. The van der Waals surface area contributed by atoms with E-state index in [0.29, 0.717) is 12.3 Å². The van der Waals surface area contributed by atoms with E-state index < -0.39 is 0 Å². The van der Waals surface area contributed by atoms with Crippen LogP contribution in [0.5, 0.6) is 0 Å². The zero-order valence-electron chi connectivity index (χ0n) is 15.8. The quantitative estimate of drug-likeness (QED) is 0.783. The van der Waals surface area contributed by atoms with E-state index in [0.717, 1.165) is 57.7 Å². The number of rotatable bonds is 5. The van der Waals surface area contributed by atoms with E-state index in [1.807, 2.05) is 20.2 Å². The molecule has 0 radical (unpaired) electrons. The first-order chi connectivity index (χ1) is 12.4. The predicted octanol–water partition coefficient (Wildman–Crippen LogP) is 3.25. The Bertz CT molecular complexity index is 654. The van der Waals surface area contributed by atoms with Crippen molar-refractivity contribution >= 4 is 17.5 Å². The van der Waals surface area contributed by atoms with Crippen LogP contribution in [-0.2, 0) is 11.3 Å². The molecule has 0 bridgehead atoms. The Labute approximate surface area is 160 Å². The number of likely N-dealkylation sites (N-methyl/N-ethyl adjacent to an activating group) is 1. The topological polar surface area (TPSA) is 26.8 Å². The monoisotopic (exact) mass is 381 g/mol. The molecule has 1 amide bonds. The molecule has 1 unspecified atom stereocenters. The number of piperidine rings is 2. The fraction of sp³-hybridized carbons (Fsp3) is 0.650. The summed E-state index contributed by atoms with van der Waals surface area (Å²) in [6.45, 7) is 5.39. The molecule has 6 heteroatoms. The van der Waals surface area contributed by atoms with Crippen LogP contribution in [0.2, 0.25) is 5.02 Å². The first kappa shape index (κ1) is 19.6.